The van der Waals surface area contributed by atoms with Gasteiger partial charge < -0.3 is 23.7 Å². The van der Waals surface area contributed by atoms with Gasteiger partial charge in [0.15, 0.2) is 0 Å². The molecule has 0 unspecified atom stereocenters. The number of amides is 1. The van der Waals surface area contributed by atoms with Crippen molar-refractivity contribution in [3.8, 4) is 16.9 Å². The highest BCUT2D eigenvalue weighted by atomic mass is 79.9. The lowest BCUT2D eigenvalue weighted by Gasteiger charge is -2.24. The minimum absolute atomic E-state index is 0.258. The number of rotatable bonds is 13. The van der Waals surface area contributed by atoms with Gasteiger partial charge in [-0.05, 0) is 70.9 Å². The minimum Gasteiger partial charge on any atom is -0.493 e. The molecule has 0 aliphatic carbocycles. The van der Waals surface area contributed by atoms with Crippen LogP contribution in [0.15, 0.2) is 60.7 Å². The molecule has 49 heavy (non-hydrogen) atoms. The summed E-state index contributed by atoms with van der Waals surface area (Å²) in [7, 11) is 3.68. The van der Waals surface area contributed by atoms with Gasteiger partial charge in [-0.25, -0.2) is 9.59 Å². The molecule has 0 atom stereocenters. The second-order valence-electron chi connectivity index (χ2n) is 13.3. The lowest BCUT2D eigenvalue weighted by Crippen LogP contribution is -2.35. The molecule has 0 spiro atoms. The van der Waals surface area contributed by atoms with Crippen molar-refractivity contribution in [1.29, 1.82) is 0 Å². The molecule has 5 aromatic rings. The van der Waals surface area contributed by atoms with Crippen molar-refractivity contribution in [3.63, 3.8) is 0 Å². The van der Waals surface area contributed by atoms with Crippen LogP contribution in [-0.4, -0.2) is 63.7 Å². The Morgan fingerprint density at radius 1 is 0.980 bits per heavy atom. The fourth-order valence-corrected chi connectivity index (χ4v) is 6.75. The summed E-state index contributed by atoms with van der Waals surface area (Å²) in [6.07, 6.45) is 1.53. The molecule has 0 saturated carbocycles. The minimum atomic E-state index is -0.588. The monoisotopic (exact) mass is 730 g/mol. The van der Waals surface area contributed by atoms with Crippen LogP contribution in [0.2, 0.25) is 0 Å². The lowest BCUT2D eigenvalue weighted by molar-refractivity contribution is 0.0294. The Kier molecular flexibility index (Phi) is 11.4. The molecule has 10 heteroatoms. The summed E-state index contributed by atoms with van der Waals surface area (Å²) in [4.78, 5) is 28.2. The van der Waals surface area contributed by atoms with Crippen LogP contribution < -0.4 is 4.74 Å². The average Bonchev–Trinajstić information content (AvgIpc) is 3.54. The van der Waals surface area contributed by atoms with Gasteiger partial charge in [0.2, 0.25) is 0 Å². The van der Waals surface area contributed by atoms with Gasteiger partial charge in [0.25, 0.3) is 0 Å². The third-order valence-corrected chi connectivity index (χ3v) is 9.15. The molecule has 0 fully saturated rings. The number of fused-ring (bicyclic) bond motifs is 2. The van der Waals surface area contributed by atoms with E-state index in [1.54, 1.807) is 11.9 Å². The number of hydrogen-bond donors (Lipinski definition) is 0. The molecule has 0 aliphatic rings. The van der Waals surface area contributed by atoms with Gasteiger partial charge in [-0.2, -0.15) is 5.10 Å². The summed E-state index contributed by atoms with van der Waals surface area (Å²) in [6.45, 7) is 11.1. The number of carbonyl (C=O) groups excluding carboxylic acids is 2. The number of para-hydroxylation sites is 1. The summed E-state index contributed by atoms with van der Waals surface area (Å²) in [5.41, 5.74) is 5.83. The average molecular weight is 732 g/mol. The summed E-state index contributed by atoms with van der Waals surface area (Å²) >= 11 is 3.65. The molecule has 0 bridgehead atoms. The van der Waals surface area contributed by atoms with Crippen LogP contribution in [0.4, 0.5) is 4.79 Å². The highest BCUT2D eigenvalue weighted by Gasteiger charge is 2.28. The van der Waals surface area contributed by atoms with Gasteiger partial charge in [0.05, 0.1) is 24.4 Å². The van der Waals surface area contributed by atoms with Crippen molar-refractivity contribution in [2.24, 2.45) is 7.05 Å². The molecule has 2 aromatic heterocycles. The van der Waals surface area contributed by atoms with E-state index >= 15 is 0 Å². The molecule has 0 N–H and O–H groups in total. The number of hydrogen-bond acceptors (Lipinski definition) is 6. The van der Waals surface area contributed by atoms with Crippen LogP contribution in [-0.2, 0) is 34.8 Å². The van der Waals surface area contributed by atoms with Crippen LogP contribution in [0.1, 0.15) is 68.0 Å². The standard InChI is InChI=1S/C39H47BrN4O5/c1-8-47-37(45)36-30(20-13-24-48-33-21-11-16-27-15-9-10-17-28(27)33)29-18-12-19-31(34-26(2)43(7)41-32(34)25-40)35(29)44(36)23-14-22-42(6)38(46)49-39(3,4)5/h9-12,15-19,21H,8,13-14,20,22-25H2,1-7H3. The van der Waals surface area contributed by atoms with Crippen molar-refractivity contribution in [2.75, 3.05) is 26.8 Å². The molecule has 5 rings (SSSR count). The van der Waals surface area contributed by atoms with Crippen LogP contribution in [0.25, 0.3) is 32.8 Å². The van der Waals surface area contributed by atoms with E-state index in [1.807, 2.05) is 69.8 Å². The van der Waals surface area contributed by atoms with E-state index < -0.39 is 5.60 Å². The Labute approximate surface area is 297 Å². The van der Waals surface area contributed by atoms with Gasteiger partial charge in [-0.3, -0.25) is 4.68 Å². The first-order chi connectivity index (χ1) is 23.4. The van der Waals surface area contributed by atoms with E-state index in [9.17, 15) is 9.59 Å². The van der Waals surface area contributed by atoms with E-state index in [4.69, 9.17) is 19.3 Å². The Bertz CT molecular complexity index is 1950. The fourth-order valence-electron chi connectivity index (χ4n) is 6.36. The number of alkyl halides is 1. The molecule has 3 aromatic carbocycles. The third kappa shape index (κ3) is 7.96. The highest BCUT2D eigenvalue weighted by molar-refractivity contribution is 9.08. The van der Waals surface area contributed by atoms with Crippen LogP contribution >= 0.6 is 15.9 Å². The van der Waals surface area contributed by atoms with Gasteiger partial charge in [-0.15, -0.1) is 0 Å². The molecule has 9 nitrogen and oxygen atoms in total. The predicted octanol–water partition coefficient (Wildman–Crippen LogP) is 8.84. The fraction of sp³-hybridized carbons (Fsp3) is 0.410. The van der Waals surface area contributed by atoms with Gasteiger partial charge >= 0.3 is 12.1 Å². The molecule has 0 saturated heterocycles. The number of carbonyl (C=O) groups is 2. The molecule has 2 heterocycles. The van der Waals surface area contributed by atoms with Crippen molar-refractivity contribution < 1.29 is 23.8 Å². The van der Waals surface area contributed by atoms with E-state index in [0.717, 1.165) is 55.5 Å². The zero-order valence-electron chi connectivity index (χ0n) is 29.6. The number of aryl methyl sites for hydroxylation is 3. The van der Waals surface area contributed by atoms with Gasteiger partial charge in [0, 0.05) is 60.1 Å². The predicted molar refractivity (Wildman–Crippen MR) is 199 cm³/mol. The summed E-state index contributed by atoms with van der Waals surface area (Å²) in [6, 6.07) is 20.5. The largest absolute Gasteiger partial charge is 0.493 e. The van der Waals surface area contributed by atoms with Crippen molar-refractivity contribution >= 4 is 49.7 Å². The van der Waals surface area contributed by atoms with E-state index in [-0.39, 0.29) is 18.7 Å². The molecule has 1 amide bonds. The number of nitrogens with zero attached hydrogens (tertiary/aromatic N) is 4. The first-order valence-electron chi connectivity index (χ1n) is 16.9. The quantitative estimate of drug-likeness (QED) is 0.0684. The molecular formula is C39H47BrN4O5. The smallest absolute Gasteiger partial charge is 0.410 e. The van der Waals surface area contributed by atoms with Crippen molar-refractivity contribution in [3.05, 3.63) is 83.3 Å². The summed E-state index contributed by atoms with van der Waals surface area (Å²) in [5.74, 6) is 0.482. The van der Waals surface area contributed by atoms with Gasteiger partial charge in [0.1, 0.15) is 17.0 Å². The molecule has 260 valence electrons. The second kappa shape index (κ2) is 15.5. The number of ether oxygens (including phenoxy) is 3. The lowest BCUT2D eigenvalue weighted by atomic mass is 9.98. The maximum absolute atomic E-state index is 13.9. The first kappa shape index (κ1) is 36.0. The third-order valence-electron chi connectivity index (χ3n) is 8.62. The Morgan fingerprint density at radius 2 is 1.69 bits per heavy atom. The van der Waals surface area contributed by atoms with Gasteiger partial charge in [-0.1, -0.05) is 70.5 Å². The number of aromatic nitrogens is 3. The second-order valence-corrected chi connectivity index (χ2v) is 13.8. The number of benzene rings is 3. The molecular weight excluding hydrogens is 684 g/mol. The normalized spacial score (nSPS) is 11.7. The van der Waals surface area contributed by atoms with E-state index in [2.05, 4.69) is 57.8 Å². The van der Waals surface area contributed by atoms with Crippen LogP contribution in [0, 0.1) is 6.92 Å². The maximum Gasteiger partial charge on any atom is 0.410 e. The highest BCUT2D eigenvalue weighted by Crippen LogP contribution is 2.39. The summed E-state index contributed by atoms with van der Waals surface area (Å²) < 4.78 is 21.6. The number of halogens is 1. The molecule has 0 aliphatic heterocycles. The Balaban J connectivity index is 1.54. The first-order valence-corrected chi connectivity index (χ1v) is 18.0. The van der Waals surface area contributed by atoms with E-state index in [1.165, 1.54) is 0 Å². The molecule has 0 radical (unpaired) electrons. The van der Waals surface area contributed by atoms with Crippen molar-refractivity contribution in [1.82, 2.24) is 19.2 Å². The van der Waals surface area contributed by atoms with Crippen molar-refractivity contribution in [2.45, 2.75) is 71.4 Å². The zero-order valence-corrected chi connectivity index (χ0v) is 31.2. The van der Waals surface area contributed by atoms with Crippen LogP contribution in [0.3, 0.4) is 0 Å². The SMILES string of the molecule is CCOC(=O)c1c(CCCOc2cccc3ccccc23)c2cccc(-c3c(CBr)nn(C)c3C)c2n1CCCN(C)C(=O)OC(C)(C)C. The Morgan fingerprint density at radius 3 is 2.43 bits per heavy atom. The zero-order chi connectivity index (χ0) is 35.3. The maximum atomic E-state index is 13.9. The van der Waals surface area contributed by atoms with E-state index in [0.29, 0.717) is 50.0 Å². The summed E-state index contributed by atoms with van der Waals surface area (Å²) in [5, 5.41) is 8.56. The van der Waals surface area contributed by atoms with Crippen LogP contribution in [0.5, 0.6) is 5.75 Å². The topological polar surface area (TPSA) is 87.8 Å². The Hall–Kier alpha value is -4.31. The number of esters is 1.